The topological polar surface area (TPSA) is 101 Å². The van der Waals surface area contributed by atoms with Crippen molar-refractivity contribution in [3.63, 3.8) is 0 Å². The molecule has 0 amide bonds. The summed E-state index contributed by atoms with van der Waals surface area (Å²) >= 11 is 0. The second-order valence-corrected chi connectivity index (χ2v) is 3.89. The summed E-state index contributed by atoms with van der Waals surface area (Å²) < 4.78 is 12.1. The molecule has 0 aromatic carbocycles. The molecule has 0 spiro atoms. The highest BCUT2D eigenvalue weighted by Crippen LogP contribution is 2.38. The molecule has 2 aliphatic heterocycles. The maximum Gasteiger partial charge on any atom is 0.300 e. The first kappa shape index (κ1) is 9.76. The molecule has 0 radical (unpaired) electrons. The van der Waals surface area contributed by atoms with Crippen molar-refractivity contribution in [3.8, 4) is 6.01 Å². The molecule has 86 valence electrons. The van der Waals surface area contributed by atoms with Crippen LogP contribution in [-0.4, -0.2) is 38.8 Å². The van der Waals surface area contributed by atoms with Crippen molar-refractivity contribution in [2.75, 3.05) is 6.61 Å². The minimum atomic E-state index is -1.20. The Morgan fingerprint density at radius 1 is 1.50 bits per heavy atom. The van der Waals surface area contributed by atoms with Gasteiger partial charge in [-0.15, -0.1) is 0 Å². The van der Waals surface area contributed by atoms with Crippen molar-refractivity contribution in [1.82, 2.24) is 9.55 Å². The summed E-state index contributed by atoms with van der Waals surface area (Å²) in [6.07, 6.45) is -1.04. The molecule has 3 N–H and O–H groups in total. The Labute approximate surface area is 90.4 Å². The van der Waals surface area contributed by atoms with E-state index in [4.69, 9.17) is 14.9 Å². The van der Waals surface area contributed by atoms with Crippen molar-refractivity contribution < 1.29 is 19.7 Å². The molecule has 4 atom stereocenters. The summed E-state index contributed by atoms with van der Waals surface area (Å²) in [5, 5.41) is 26.4. The van der Waals surface area contributed by atoms with Crippen LogP contribution in [0.3, 0.4) is 0 Å². The zero-order valence-corrected chi connectivity index (χ0v) is 8.28. The van der Waals surface area contributed by atoms with Gasteiger partial charge in [0, 0.05) is 6.20 Å². The first-order valence-electron chi connectivity index (χ1n) is 4.95. The smallest absolute Gasteiger partial charge is 0.300 e. The van der Waals surface area contributed by atoms with Crippen molar-refractivity contribution >= 4 is 0 Å². The van der Waals surface area contributed by atoms with E-state index in [1.165, 1.54) is 6.07 Å². The van der Waals surface area contributed by atoms with Gasteiger partial charge >= 0.3 is 0 Å². The minimum absolute atomic E-state index is 0.101. The monoisotopic (exact) mass is 225 g/mol. The average molecular weight is 225 g/mol. The SMILES string of the molecule is N=c1ccn2c(n1)OCC1C(O)C(O)OC12. The van der Waals surface area contributed by atoms with Crippen molar-refractivity contribution in [2.45, 2.75) is 18.6 Å². The van der Waals surface area contributed by atoms with Gasteiger partial charge in [0.25, 0.3) is 6.01 Å². The normalized spacial score (nSPS) is 36.4. The highest BCUT2D eigenvalue weighted by Gasteiger charge is 2.47. The van der Waals surface area contributed by atoms with E-state index in [0.29, 0.717) is 0 Å². The zero-order valence-electron chi connectivity index (χ0n) is 8.28. The predicted molar refractivity (Wildman–Crippen MR) is 49.2 cm³/mol. The molecule has 1 saturated heterocycles. The fourth-order valence-electron chi connectivity index (χ4n) is 2.04. The Balaban J connectivity index is 2.04. The molecule has 1 fully saturated rings. The Hall–Kier alpha value is -1.44. The lowest BCUT2D eigenvalue weighted by Gasteiger charge is -2.28. The predicted octanol–water partition coefficient (Wildman–Crippen LogP) is -1.42. The third kappa shape index (κ3) is 1.26. The molecule has 1 aromatic heterocycles. The lowest BCUT2D eigenvalue weighted by atomic mass is 10.0. The van der Waals surface area contributed by atoms with Crippen molar-refractivity contribution in [2.24, 2.45) is 5.92 Å². The molecule has 4 unspecified atom stereocenters. The van der Waals surface area contributed by atoms with E-state index in [1.54, 1.807) is 10.8 Å². The highest BCUT2D eigenvalue weighted by molar-refractivity contribution is 5.05. The zero-order chi connectivity index (χ0) is 11.3. The van der Waals surface area contributed by atoms with E-state index >= 15 is 0 Å². The molecule has 0 saturated carbocycles. The van der Waals surface area contributed by atoms with E-state index in [2.05, 4.69) is 4.98 Å². The fourth-order valence-corrected chi connectivity index (χ4v) is 2.04. The van der Waals surface area contributed by atoms with Gasteiger partial charge in [-0.25, -0.2) is 0 Å². The van der Waals surface area contributed by atoms with Crippen LogP contribution in [0.15, 0.2) is 12.3 Å². The standard InChI is InChI=1S/C9H11N3O4/c10-5-1-2-12-7-4(3-15-9(12)11-5)6(13)8(14)16-7/h1-2,4,6-8,10,13-14H,3H2. The largest absolute Gasteiger partial charge is 0.464 e. The number of hydrogen-bond acceptors (Lipinski definition) is 6. The second-order valence-electron chi connectivity index (χ2n) is 3.89. The number of nitrogens with one attached hydrogen (secondary N) is 1. The number of aliphatic hydroxyl groups is 2. The van der Waals surface area contributed by atoms with Gasteiger partial charge in [0.1, 0.15) is 18.9 Å². The second kappa shape index (κ2) is 3.27. The first-order chi connectivity index (χ1) is 7.66. The fraction of sp³-hybridized carbons (Fsp3) is 0.556. The van der Waals surface area contributed by atoms with Gasteiger partial charge in [-0.05, 0) is 6.07 Å². The Kier molecular flexibility index (Phi) is 2.00. The summed E-state index contributed by atoms with van der Waals surface area (Å²) in [5.74, 6) is -0.314. The molecule has 2 aliphatic rings. The summed E-state index contributed by atoms with van der Waals surface area (Å²) in [5.41, 5.74) is 0.101. The Morgan fingerprint density at radius 2 is 2.31 bits per heavy atom. The number of aromatic nitrogens is 2. The Morgan fingerprint density at radius 3 is 3.12 bits per heavy atom. The molecular weight excluding hydrogens is 214 g/mol. The van der Waals surface area contributed by atoms with Crippen LogP contribution in [0.4, 0.5) is 0 Å². The maximum absolute atomic E-state index is 9.65. The van der Waals surface area contributed by atoms with Crippen molar-refractivity contribution in [1.29, 1.82) is 5.41 Å². The highest BCUT2D eigenvalue weighted by atomic mass is 16.6. The summed E-state index contributed by atoms with van der Waals surface area (Å²) in [6, 6.07) is 1.77. The maximum atomic E-state index is 9.65. The van der Waals surface area contributed by atoms with Crippen LogP contribution in [0.5, 0.6) is 6.01 Å². The molecule has 1 aromatic rings. The quantitative estimate of drug-likeness (QED) is 0.503. The summed E-state index contributed by atoms with van der Waals surface area (Å²) in [7, 11) is 0. The third-order valence-electron chi connectivity index (χ3n) is 2.88. The molecule has 16 heavy (non-hydrogen) atoms. The van der Waals surface area contributed by atoms with Gasteiger partial charge < -0.3 is 19.7 Å². The van der Waals surface area contributed by atoms with E-state index in [0.717, 1.165) is 0 Å². The molecule has 3 rings (SSSR count). The lowest BCUT2D eigenvalue weighted by Crippen LogP contribution is -2.36. The van der Waals surface area contributed by atoms with Gasteiger partial charge in [-0.2, -0.15) is 4.98 Å². The van der Waals surface area contributed by atoms with Crippen LogP contribution in [0.2, 0.25) is 0 Å². The summed E-state index contributed by atoms with van der Waals surface area (Å²) in [6.45, 7) is 0.222. The Bertz CT molecular complexity index is 474. The number of aliphatic hydroxyl groups excluding tert-OH is 2. The van der Waals surface area contributed by atoms with Gasteiger partial charge in [-0.1, -0.05) is 0 Å². The van der Waals surface area contributed by atoms with Crippen LogP contribution in [-0.2, 0) is 4.74 Å². The van der Waals surface area contributed by atoms with Crippen molar-refractivity contribution in [3.05, 3.63) is 17.8 Å². The number of fused-ring (bicyclic) bond motifs is 3. The van der Waals surface area contributed by atoms with Gasteiger partial charge in [-0.3, -0.25) is 9.98 Å². The molecular formula is C9H11N3O4. The summed E-state index contributed by atoms with van der Waals surface area (Å²) in [4.78, 5) is 3.89. The molecule has 7 heteroatoms. The first-order valence-corrected chi connectivity index (χ1v) is 4.95. The minimum Gasteiger partial charge on any atom is -0.464 e. The van der Waals surface area contributed by atoms with Gasteiger partial charge in [0.15, 0.2) is 11.8 Å². The molecule has 0 bridgehead atoms. The number of rotatable bonds is 0. The van der Waals surface area contributed by atoms with Crippen LogP contribution in [0.1, 0.15) is 6.23 Å². The number of nitrogens with zero attached hydrogens (tertiary/aromatic N) is 2. The number of ether oxygens (including phenoxy) is 2. The van der Waals surface area contributed by atoms with E-state index in [1.807, 2.05) is 0 Å². The van der Waals surface area contributed by atoms with E-state index < -0.39 is 18.6 Å². The molecule has 7 nitrogen and oxygen atoms in total. The van der Waals surface area contributed by atoms with Crippen LogP contribution in [0.25, 0.3) is 0 Å². The van der Waals surface area contributed by atoms with Crippen LogP contribution < -0.4 is 10.2 Å². The third-order valence-corrected chi connectivity index (χ3v) is 2.88. The lowest BCUT2D eigenvalue weighted by molar-refractivity contribution is -0.143. The van der Waals surface area contributed by atoms with Crippen LogP contribution >= 0.6 is 0 Å². The van der Waals surface area contributed by atoms with E-state index in [-0.39, 0.29) is 24.0 Å². The number of hydrogen-bond donors (Lipinski definition) is 3. The van der Waals surface area contributed by atoms with Gasteiger partial charge in [0.2, 0.25) is 0 Å². The van der Waals surface area contributed by atoms with E-state index in [9.17, 15) is 10.2 Å². The average Bonchev–Trinajstić information content (AvgIpc) is 2.55. The van der Waals surface area contributed by atoms with Gasteiger partial charge in [0.05, 0.1) is 5.92 Å². The van der Waals surface area contributed by atoms with Crippen LogP contribution in [0, 0.1) is 11.3 Å². The molecule has 3 heterocycles. The molecule has 0 aliphatic carbocycles.